The normalized spacial score (nSPS) is 10.6. The minimum absolute atomic E-state index is 0.0441. The molecule has 0 spiro atoms. The highest BCUT2D eigenvalue weighted by Gasteiger charge is 2.15. The third kappa shape index (κ3) is 1.99. The van der Waals surface area contributed by atoms with E-state index in [0.29, 0.717) is 18.6 Å². The average molecular weight is 245 g/mol. The molecule has 0 unspecified atom stereocenters. The highest BCUT2D eigenvalue weighted by Crippen LogP contribution is 2.09. The second-order valence-electron chi connectivity index (χ2n) is 3.86. The fourth-order valence-corrected chi connectivity index (χ4v) is 1.90. The summed E-state index contributed by atoms with van der Waals surface area (Å²) in [6, 6.07) is 7.31. The molecule has 0 fully saturated rings. The van der Waals surface area contributed by atoms with E-state index in [-0.39, 0.29) is 11.3 Å². The zero-order valence-corrected chi connectivity index (χ0v) is 10.4. The van der Waals surface area contributed by atoms with Crippen molar-refractivity contribution in [3.05, 3.63) is 40.3 Å². The van der Waals surface area contributed by atoms with Gasteiger partial charge in [0.05, 0.1) is 11.0 Å². The van der Waals surface area contributed by atoms with Crippen LogP contribution in [0.3, 0.4) is 0 Å². The highest BCUT2D eigenvalue weighted by atomic mass is 16.2. The monoisotopic (exact) mass is 245 g/mol. The van der Waals surface area contributed by atoms with Crippen LogP contribution in [0, 0.1) is 0 Å². The molecule has 1 N–H and O–H groups in total. The Morgan fingerprint density at radius 2 is 2.06 bits per heavy atom. The number of carbonyl (C=O) groups excluding carboxylic acids is 1. The van der Waals surface area contributed by atoms with Gasteiger partial charge in [0.15, 0.2) is 5.69 Å². The second kappa shape index (κ2) is 5.00. The third-order valence-electron chi connectivity index (χ3n) is 2.72. The number of amides is 1. The SMILES string of the molecule is CCNC(=O)c1nc2ccccc2n(CC)c1=O. The predicted octanol–water partition coefficient (Wildman–Crippen LogP) is 1.17. The summed E-state index contributed by atoms with van der Waals surface area (Å²) in [5, 5.41) is 2.60. The molecule has 18 heavy (non-hydrogen) atoms. The molecule has 5 nitrogen and oxygen atoms in total. The quantitative estimate of drug-likeness (QED) is 0.882. The minimum atomic E-state index is -0.421. The van der Waals surface area contributed by atoms with Crippen LogP contribution in [0.4, 0.5) is 0 Å². The van der Waals surface area contributed by atoms with Crippen molar-refractivity contribution >= 4 is 16.9 Å². The van der Waals surface area contributed by atoms with Crippen LogP contribution in [-0.2, 0) is 6.54 Å². The Morgan fingerprint density at radius 3 is 2.72 bits per heavy atom. The maximum atomic E-state index is 12.2. The predicted molar refractivity (Wildman–Crippen MR) is 69.7 cm³/mol. The van der Waals surface area contributed by atoms with Crippen molar-refractivity contribution in [2.45, 2.75) is 20.4 Å². The topological polar surface area (TPSA) is 64.0 Å². The smallest absolute Gasteiger partial charge is 0.282 e. The zero-order chi connectivity index (χ0) is 13.1. The number of aromatic nitrogens is 2. The summed E-state index contributed by atoms with van der Waals surface area (Å²) in [6.45, 7) is 4.65. The van der Waals surface area contributed by atoms with Gasteiger partial charge in [-0.2, -0.15) is 0 Å². The van der Waals surface area contributed by atoms with E-state index in [1.165, 1.54) is 0 Å². The fraction of sp³-hybridized carbons (Fsp3) is 0.308. The first-order valence-corrected chi connectivity index (χ1v) is 5.96. The van der Waals surface area contributed by atoms with Gasteiger partial charge in [-0.15, -0.1) is 0 Å². The number of para-hydroxylation sites is 2. The van der Waals surface area contributed by atoms with Gasteiger partial charge in [0.1, 0.15) is 0 Å². The molecule has 0 aliphatic carbocycles. The largest absolute Gasteiger partial charge is 0.351 e. The van der Waals surface area contributed by atoms with Crippen LogP contribution in [0.15, 0.2) is 29.1 Å². The van der Waals surface area contributed by atoms with E-state index in [0.717, 1.165) is 5.52 Å². The Balaban J connectivity index is 2.73. The summed E-state index contributed by atoms with van der Waals surface area (Å²) in [5.41, 5.74) is 1.01. The van der Waals surface area contributed by atoms with Gasteiger partial charge in [-0.25, -0.2) is 4.98 Å². The first kappa shape index (κ1) is 12.3. The van der Waals surface area contributed by atoms with Gasteiger partial charge in [0.25, 0.3) is 11.5 Å². The summed E-state index contributed by atoms with van der Waals surface area (Å²) >= 11 is 0. The molecule has 0 saturated heterocycles. The van der Waals surface area contributed by atoms with Crippen LogP contribution in [0.2, 0.25) is 0 Å². The number of aryl methyl sites for hydroxylation is 1. The number of nitrogens with one attached hydrogen (secondary N) is 1. The third-order valence-corrected chi connectivity index (χ3v) is 2.72. The van der Waals surface area contributed by atoms with Crippen LogP contribution >= 0.6 is 0 Å². The van der Waals surface area contributed by atoms with Gasteiger partial charge in [-0.1, -0.05) is 12.1 Å². The van der Waals surface area contributed by atoms with Gasteiger partial charge < -0.3 is 9.88 Å². The van der Waals surface area contributed by atoms with Crippen LogP contribution in [0.1, 0.15) is 24.3 Å². The number of hydrogen-bond acceptors (Lipinski definition) is 3. The van der Waals surface area contributed by atoms with Crippen molar-refractivity contribution in [2.24, 2.45) is 0 Å². The maximum Gasteiger partial charge on any atom is 0.282 e. The Labute approximate surface area is 104 Å². The van der Waals surface area contributed by atoms with Gasteiger partial charge in [-0.05, 0) is 26.0 Å². The molecule has 94 valence electrons. The standard InChI is InChI=1S/C13H15N3O2/c1-3-14-12(17)11-13(18)16(4-2)10-8-6-5-7-9(10)15-11/h5-8H,3-4H2,1-2H3,(H,14,17). The molecule has 0 aliphatic heterocycles. The number of benzene rings is 1. The second-order valence-corrected chi connectivity index (χ2v) is 3.86. The molecule has 0 bridgehead atoms. The van der Waals surface area contributed by atoms with E-state index in [9.17, 15) is 9.59 Å². The summed E-state index contributed by atoms with van der Waals surface area (Å²) in [7, 11) is 0. The molecule has 1 amide bonds. The maximum absolute atomic E-state index is 12.2. The number of rotatable bonds is 3. The van der Waals surface area contributed by atoms with Crippen molar-refractivity contribution in [3.63, 3.8) is 0 Å². The highest BCUT2D eigenvalue weighted by molar-refractivity contribution is 5.93. The number of nitrogens with zero attached hydrogens (tertiary/aromatic N) is 2. The number of fused-ring (bicyclic) bond motifs is 1. The van der Waals surface area contributed by atoms with E-state index in [2.05, 4.69) is 10.3 Å². The Bertz CT molecular complexity index is 646. The van der Waals surface area contributed by atoms with Crippen molar-refractivity contribution in [1.29, 1.82) is 0 Å². The lowest BCUT2D eigenvalue weighted by Crippen LogP contribution is -2.34. The van der Waals surface area contributed by atoms with E-state index in [4.69, 9.17) is 0 Å². The van der Waals surface area contributed by atoms with Crippen LogP contribution < -0.4 is 10.9 Å². The van der Waals surface area contributed by atoms with Crippen LogP contribution in [-0.4, -0.2) is 22.0 Å². The van der Waals surface area contributed by atoms with Crippen molar-refractivity contribution < 1.29 is 4.79 Å². The Hall–Kier alpha value is -2.17. The molecule has 0 radical (unpaired) electrons. The van der Waals surface area contributed by atoms with Crippen molar-refractivity contribution in [1.82, 2.24) is 14.9 Å². The molecule has 0 aliphatic rings. The molecule has 1 heterocycles. The lowest BCUT2D eigenvalue weighted by Gasteiger charge is -2.09. The van der Waals surface area contributed by atoms with E-state index in [1.807, 2.05) is 25.1 Å². The zero-order valence-electron chi connectivity index (χ0n) is 10.4. The molecule has 2 aromatic rings. The number of carbonyl (C=O) groups is 1. The van der Waals surface area contributed by atoms with Gasteiger partial charge in [0.2, 0.25) is 0 Å². The van der Waals surface area contributed by atoms with Gasteiger partial charge >= 0.3 is 0 Å². The molecular weight excluding hydrogens is 230 g/mol. The van der Waals surface area contributed by atoms with E-state index < -0.39 is 5.91 Å². The summed E-state index contributed by atoms with van der Waals surface area (Å²) < 4.78 is 1.56. The number of hydrogen-bond donors (Lipinski definition) is 1. The lowest BCUT2D eigenvalue weighted by atomic mass is 10.2. The molecule has 5 heteroatoms. The minimum Gasteiger partial charge on any atom is -0.351 e. The summed E-state index contributed by atoms with van der Waals surface area (Å²) in [5.74, 6) is -0.421. The van der Waals surface area contributed by atoms with Crippen LogP contribution in [0.25, 0.3) is 11.0 Å². The van der Waals surface area contributed by atoms with E-state index in [1.54, 1.807) is 17.6 Å². The fourth-order valence-electron chi connectivity index (χ4n) is 1.90. The Kier molecular flexibility index (Phi) is 3.41. The molecule has 2 rings (SSSR count). The molecule has 1 aromatic heterocycles. The first-order chi connectivity index (χ1) is 8.69. The van der Waals surface area contributed by atoms with Gasteiger partial charge in [0, 0.05) is 13.1 Å². The average Bonchev–Trinajstić information content (AvgIpc) is 2.38. The summed E-state index contributed by atoms with van der Waals surface area (Å²) in [4.78, 5) is 28.1. The van der Waals surface area contributed by atoms with Gasteiger partial charge in [-0.3, -0.25) is 9.59 Å². The first-order valence-electron chi connectivity index (χ1n) is 5.96. The lowest BCUT2D eigenvalue weighted by molar-refractivity contribution is 0.0949. The van der Waals surface area contributed by atoms with Crippen LogP contribution in [0.5, 0.6) is 0 Å². The Morgan fingerprint density at radius 1 is 1.33 bits per heavy atom. The van der Waals surface area contributed by atoms with Crippen molar-refractivity contribution in [3.8, 4) is 0 Å². The molecule has 0 saturated carbocycles. The molecule has 1 aromatic carbocycles. The summed E-state index contributed by atoms with van der Waals surface area (Å²) in [6.07, 6.45) is 0. The van der Waals surface area contributed by atoms with E-state index >= 15 is 0 Å². The van der Waals surface area contributed by atoms with Crippen molar-refractivity contribution in [2.75, 3.05) is 6.54 Å². The molecular formula is C13H15N3O2. The molecule has 0 atom stereocenters.